The van der Waals surface area contributed by atoms with Crippen molar-refractivity contribution >= 4 is 34.9 Å². The van der Waals surface area contributed by atoms with E-state index in [2.05, 4.69) is 23.7 Å². The molecular weight excluding hydrogens is 274 g/mol. The first-order chi connectivity index (χ1) is 8.45. The van der Waals surface area contributed by atoms with Crippen molar-refractivity contribution in [1.82, 2.24) is 4.98 Å². The van der Waals surface area contributed by atoms with Crippen LogP contribution in [-0.4, -0.2) is 33.5 Å². The topological polar surface area (TPSA) is 59.3 Å². The second-order valence-electron chi connectivity index (χ2n) is 4.43. The lowest BCUT2D eigenvalue weighted by Gasteiger charge is -2.35. The van der Waals surface area contributed by atoms with Crippen LogP contribution >= 0.6 is 23.4 Å². The third-order valence-electron chi connectivity index (χ3n) is 2.72. The molecule has 1 fully saturated rings. The lowest BCUT2D eigenvalue weighted by atomic mass is 10.3. The van der Waals surface area contributed by atoms with Gasteiger partial charge in [-0.2, -0.15) is 11.8 Å². The number of nitro groups is 1. The van der Waals surface area contributed by atoms with E-state index in [1.165, 1.54) is 12.1 Å². The Balaban J connectivity index is 2.29. The lowest BCUT2D eigenvalue weighted by Crippen LogP contribution is -2.40. The minimum atomic E-state index is -0.442. The number of rotatable bonds is 2. The largest absolute Gasteiger partial charge is 0.354 e. The summed E-state index contributed by atoms with van der Waals surface area (Å²) < 4.78 is 0. The summed E-state index contributed by atoms with van der Waals surface area (Å²) in [6.07, 6.45) is 0. The average molecular weight is 288 g/mol. The molecule has 2 heterocycles. The highest BCUT2D eigenvalue weighted by Gasteiger charge is 2.24. The maximum absolute atomic E-state index is 10.8. The highest BCUT2D eigenvalue weighted by atomic mass is 35.5. The van der Waals surface area contributed by atoms with Crippen molar-refractivity contribution < 1.29 is 4.92 Å². The summed E-state index contributed by atoms with van der Waals surface area (Å²) in [5, 5.41) is 11.9. The molecule has 0 aliphatic carbocycles. The van der Waals surface area contributed by atoms with Crippen molar-refractivity contribution in [3.63, 3.8) is 0 Å². The van der Waals surface area contributed by atoms with Gasteiger partial charge in [0.1, 0.15) is 11.0 Å². The zero-order chi connectivity index (χ0) is 13.3. The monoisotopic (exact) mass is 287 g/mol. The summed E-state index contributed by atoms with van der Waals surface area (Å²) in [6.45, 7) is 5.96. The van der Waals surface area contributed by atoms with Crippen LogP contribution in [0.2, 0.25) is 5.15 Å². The first-order valence-corrected chi connectivity index (χ1v) is 7.00. The Labute approximate surface area is 115 Å². The Morgan fingerprint density at radius 2 is 2.06 bits per heavy atom. The van der Waals surface area contributed by atoms with Crippen molar-refractivity contribution in [2.24, 2.45) is 0 Å². The zero-order valence-corrected chi connectivity index (χ0v) is 11.7. The van der Waals surface area contributed by atoms with Crippen LogP contribution in [0.25, 0.3) is 0 Å². The summed E-state index contributed by atoms with van der Waals surface area (Å²) in [6, 6.07) is 2.76. The molecule has 5 nitrogen and oxygen atoms in total. The van der Waals surface area contributed by atoms with Crippen LogP contribution in [0.1, 0.15) is 13.8 Å². The number of halogens is 1. The molecule has 2 unspecified atom stereocenters. The molecule has 0 spiro atoms. The molecule has 0 radical (unpaired) electrons. The summed E-state index contributed by atoms with van der Waals surface area (Å²) in [4.78, 5) is 16.6. The van der Waals surface area contributed by atoms with E-state index in [-0.39, 0.29) is 10.8 Å². The van der Waals surface area contributed by atoms with Crippen LogP contribution in [-0.2, 0) is 0 Å². The third-order valence-corrected chi connectivity index (χ3v) is 4.14. The number of aromatic nitrogens is 1. The number of thioether (sulfide) groups is 1. The summed E-state index contributed by atoms with van der Waals surface area (Å²) in [5.41, 5.74) is -0.0106. The maximum atomic E-state index is 10.8. The molecule has 0 amide bonds. The van der Waals surface area contributed by atoms with Crippen molar-refractivity contribution in [3.05, 3.63) is 27.4 Å². The Hall–Kier alpha value is -1.01. The summed E-state index contributed by atoms with van der Waals surface area (Å²) in [7, 11) is 0. The van der Waals surface area contributed by atoms with Gasteiger partial charge < -0.3 is 4.90 Å². The third kappa shape index (κ3) is 3.05. The van der Waals surface area contributed by atoms with Gasteiger partial charge in [0.25, 0.3) is 5.69 Å². The predicted octanol–water partition coefficient (Wildman–Crippen LogP) is 2.97. The molecule has 0 saturated carbocycles. The Morgan fingerprint density at radius 3 is 2.61 bits per heavy atom. The van der Waals surface area contributed by atoms with Crippen molar-refractivity contribution in [2.75, 3.05) is 18.0 Å². The normalized spacial score (nSPS) is 24.1. The standard InChI is InChI=1S/C11H14ClN3O2S/c1-7-5-14(6-8(2)18-7)11-4-9(15(16)17)3-10(12)13-11/h3-4,7-8H,5-6H2,1-2H3. The lowest BCUT2D eigenvalue weighted by molar-refractivity contribution is -0.384. The Bertz CT molecular complexity index is 462. The summed E-state index contributed by atoms with van der Waals surface area (Å²) >= 11 is 7.76. The van der Waals surface area contributed by atoms with Gasteiger partial charge in [0.05, 0.1) is 17.1 Å². The van der Waals surface area contributed by atoms with Gasteiger partial charge in [-0.1, -0.05) is 25.4 Å². The molecule has 1 aliphatic rings. The fourth-order valence-electron chi connectivity index (χ4n) is 2.10. The van der Waals surface area contributed by atoms with Crippen molar-refractivity contribution in [3.8, 4) is 0 Å². The van der Waals surface area contributed by atoms with Gasteiger partial charge in [0, 0.05) is 23.6 Å². The van der Waals surface area contributed by atoms with E-state index in [0.29, 0.717) is 16.3 Å². The van der Waals surface area contributed by atoms with E-state index in [4.69, 9.17) is 11.6 Å². The van der Waals surface area contributed by atoms with Crippen LogP contribution < -0.4 is 4.90 Å². The second kappa shape index (κ2) is 5.32. The van der Waals surface area contributed by atoms with E-state index in [1.54, 1.807) is 0 Å². The average Bonchev–Trinajstić information content (AvgIpc) is 2.26. The summed E-state index contributed by atoms with van der Waals surface area (Å²) in [5.74, 6) is 0.591. The molecule has 0 bridgehead atoms. The smallest absolute Gasteiger partial charge is 0.276 e. The molecule has 7 heteroatoms. The first-order valence-electron chi connectivity index (χ1n) is 5.68. The highest BCUT2D eigenvalue weighted by molar-refractivity contribution is 8.00. The SMILES string of the molecule is CC1CN(c2cc([N+](=O)[O-])cc(Cl)n2)CC(C)S1. The predicted molar refractivity (Wildman–Crippen MR) is 74.6 cm³/mol. The molecule has 98 valence electrons. The van der Waals surface area contributed by atoms with Crippen LogP contribution in [0.5, 0.6) is 0 Å². The zero-order valence-electron chi connectivity index (χ0n) is 10.2. The van der Waals surface area contributed by atoms with Crippen LogP contribution in [0.3, 0.4) is 0 Å². The van der Waals surface area contributed by atoms with E-state index in [1.807, 2.05) is 11.8 Å². The van der Waals surface area contributed by atoms with Gasteiger partial charge in [-0.15, -0.1) is 0 Å². The number of pyridine rings is 1. The van der Waals surface area contributed by atoms with E-state index in [0.717, 1.165) is 13.1 Å². The first kappa shape index (κ1) is 13.4. The van der Waals surface area contributed by atoms with Gasteiger partial charge in [0.15, 0.2) is 0 Å². The van der Waals surface area contributed by atoms with E-state index in [9.17, 15) is 10.1 Å². The number of hydrogen-bond acceptors (Lipinski definition) is 5. The molecule has 1 aromatic heterocycles. The van der Waals surface area contributed by atoms with Gasteiger partial charge >= 0.3 is 0 Å². The van der Waals surface area contributed by atoms with Gasteiger partial charge in [-0.25, -0.2) is 4.98 Å². The fourth-order valence-corrected chi connectivity index (χ4v) is 3.63. The van der Waals surface area contributed by atoms with Crippen LogP contribution in [0.15, 0.2) is 12.1 Å². The molecule has 1 aliphatic heterocycles. The second-order valence-corrected chi connectivity index (χ2v) is 6.69. The van der Waals surface area contributed by atoms with Gasteiger partial charge in [0.2, 0.25) is 0 Å². The quantitative estimate of drug-likeness (QED) is 0.475. The highest BCUT2D eigenvalue weighted by Crippen LogP contribution is 2.30. The maximum Gasteiger partial charge on any atom is 0.276 e. The number of anilines is 1. The Kier molecular flexibility index (Phi) is 3.97. The number of nitrogens with zero attached hydrogens (tertiary/aromatic N) is 3. The van der Waals surface area contributed by atoms with Crippen molar-refractivity contribution in [2.45, 2.75) is 24.3 Å². The van der Waals surface area contributed by atoms with Gasteiger partial charge in [-0.05, 0) is 0 Å². The molecule has 2 atom stereocenters. The minimum Gasteiger partial charge on any atom is -0.354 e. The van der Waals surface area contributed by atoms with Crippen LogP contribution in [0.4, 0.5) is 11.5 Å². The number of hydrogen-bond donors (Lipinski definition) is 0. The molecule has 1 saturated heterocycles. The van der Waals surface area contributed by atoms with Gasteiger partial charge in [-0.3, -0.25) is 10.1 Å². The Morgan fingerprint density at radius 1 is 1.44 bits per heavy atom. The molecule has 0 aromatic carbocycles. The molecule has 1 aromatic rings. The molecule has 2 rings (SSSR count). The fraction of sp³-hybridized carbons (Fsp3) is 0.545. The minimum absolute atomic E-state index is 0.0106. The van der Waals surface area contributed by atoms with Crippen LogP contribution in [0, 0.1) is 10.1 Å². The molecule has 0 N–H and O–H groups in total. The molecule has 18 heavy (non-hydrogen) atoms. The van der Waals surface area contributed by atoms with E-state index >= 15 is 0 Å². The van der Waals surface area contributed by atoms with Crippen molar-refractivity contribution in [1.29, 1.82) is 0 Å². The molecular formula is C11H14ClN3O2S. The van der Waals surface area contributed by atoms with E-state index < -0.39 is 4.92 Å².